The molecule has 0 aliphatic carbocycles. The van der Waals surface area contributed by atoms with Crippen molar-refractivity contribution < 1.29 is 14.0 Å². The van der Waals surface area contributed by atoms with E-state index in [1.54, 1.807) is 0 Å². The van der Waals surface area contributed by atoms with Crippen LogP contribution < -0.4 is 10.6 Å². The van der Waals surface area contributed by atoms with Crippen LogP contribution in [0.15, 0.2) is 66.7 Å². The van der Waals surface area contributed by atoms with Crippen LogP contribution in [0, 0.1) is 5.82 Å². The van der Waals surface area contributed by atoms with Crippen molar-refractivity contribution >= 4 is 40.0 Å². The quantitative estimate of drug-likeness (QED) is 0.617. The second-order valence-electron chi connectivity index (χ2n) is 6.44. The molecule has 6 heteroatoms. The highest BCUT2D eigenvalue weighted by molar-refractivity contribution is 8.00. The van der Waals surface area contributed by atoms with Crippen molar-refractivity contribution in [3.05, 3.63) is 78.1 Å². The molecule has 0 aliphatic heterocycles. The summed E-state index contributed by atoms with van der Waals surface area (Å²) in [7, 11) is 0. The number of amides is 2. The first-order valence-corrected chi connectivity index (χ1v) is 10.1. The molecule has 2 N–H and O–H groups in total. The Balaban J connectivity index is 1.44. The van der Waals surface area contributed by atoms with Crippen LogP contribution in [-0.4, -0.2) is 23.3 Å². The Morgan fingerprint density at radius 2 is 1.61 bits per heavy atom. The largest absolute Gasteiger partial charge is 0.349 e. The molecule has 0 fully saturated rings. The van der Waals surface area contributed by atoms with Crippen molar-refractivity contribution in [3.63, 3.8) is 0 Å². The van der Waals surface area contributed by atoms with E-state index in [2.05, 4.69) is 22.8 Å². The predicted molar refractivity (Wildman–Crippen MR) is 113 cm³/mol. The van der Waals surface area contributed by atoms with Crippen LogP contribution in [0.4, 0.5) is 10.1 Å². The number of halogens is 1. The molecular weight excluding hydrogens is 375 g/mol. The summed E-state index contributed by atoms with van der Waals surface area (Å²) in [6.07, 6.45) is 0. The van der Waals surface area contributed by atoms with Gasteiger partial charge in [-0.15, -0.1) is 11.8 Å². The Morgan fingerprint density at radius 1 is 0.929 bits per heavy atom. The van der Waals surface area contributed by atoms with Crippen molar-refractivity contribution in [2.45, 2.75) is 13.0 Å². The number of thioether (sulfide) groups is 1. The van der Waals surface area contributed by atoms with Gasteiger partial charge < -0.3 is 10.6 Å². The number of rotatable bonds is 7. The van der Waals surface area contributed by atoms with Crippen molar-refractivity contribution in [1.29, 1.82) is 0 Å². The average molecular weight is 396 g/mol. The molecule has 28 heavy (non-hydrogen) atoms. The molecule has 0 spiro atoms. The van der Waals surface area contributed by atoms with Gasteiger partial charge in [0, 0.05) is 5.69 Å². The number of fused-ring (bicyclic) bond motifs is 1. The van der Waals surface area contributed by atoms with Gasteiger partial charge in [-0.3, -0.25) is 9.59 Å². The van der Waals surface area contributed by atoms with E-state index in [-0.39, 0.29) is 35.2 Å². The van der Waals surface area contributed by atoms with Gasteiger partial charge >= 0.3 is 0 Å². The second-order valence-corrected chi connectivity index (χ2v) is 7.43. The second kappa shape index (κ2) is 9.37. The average Bonchev–Trinajstić information content (AvgIpc) is 2.69. The van der Waals surface area contributed by atoms with Gasteiger partial charge in [0.1, 0.15) is 5.82 Å². The molecule has 0 radical (unpaired) electrons. The van der Waals surface area contributed by atoms with E-state index >= 15 is 0 Å². The van der Waals surface area contributed by atoms with Crippen LogP contribution in [0.25, 0.3) is 10.8 Å². The minimum atomic E-state index is -0.357. The number of carbonyl (C=O) groups excluding carboxylic acids is 2. The first-order chi connectivity index (χ1) is 13.5. The standard InChI is InChI=1S/C22H21FN2O2S/c1-15(17-7-6-16-4-2-3-5-18(16)12-17)24-21(26)13-28-14-22(27)25-20-10-8-19(23)9-11-20/h2-12,15H,13-14H2,1H3,(H,24,26)(H,25,27). The van der Waals surface area contributed by atoms with Crippen molar-refractivity contribution in [3.8, 4) is 0 Å². The molecule has 0 saturated carbocycles. The highest BCUT2D eigenvalue weighted by Gasteiger charge is 2.11. The molecule has 4 nitrogen and oxygen atoms in total. The number of anilines is 1. The van der Waals surface area contributed by atoms with Gasteiger partial charge in [-0.05, 0) is 53.6 Å². The van der Waals surface area contributed by atoms with Gasteiger partial charge in [-0.25, -0.2) is 4.39 Å². The first kappa shape index (κ1) is 19.9. The minimum absolute atomic E-state index is 0.120. The Bertz CT molecular complexity index is 976. The summed E-state index contributed by atoms with van der Waals surface area (Å²) in [4.78, 5) is 24.1. The Labute approximate surface area is 167 Å². The molecule has 3 rings (SSSR count). The van der Waals surface area contributed by atoms with Crippen LogP contribution in [0.3, 0.4) is 0 Å². The van der Waals surface area contributed by atoms with Crippen molar-refractivity contribution in [1.82, 2.24) is 5.32 Å². The zero-order valence-corrected chi connectivity index (χ0v) is 16.3. The normalized spacial score (nSPS) is 11.8. The third kappa shape index (κ3) is 5.57. The lowest BCUT2D eigenvalue weighted by atomic mass is 10.0. The van der Waals surface area contributed by atoms with Crippen LogP contribution in [0.5, 0.6) is 0 Å². The van der Waals surface area contributed by atoms with Gasteiger partial charge in [0.25, 0.3) is 0 Å². The molecule has 3 aromatic carbocycles. The van der Waals surface area contributed by atoms with E-state index in [9.17, 15) is 14.0 Å². The number of carbonyl (C=O) groups is 2. The van der Waals surface area contributed by atoms with E-state index in [1.165, 1.54) is 36.0 Å². The maximum Gasteiger partial charge on any atom is 0.234 e. The van der Waals surface area contributed by atoms with Crippen LogP contribution in [0.2, 0.25) is 0 Å². The minimum Gasteiger partial charge on any atom is -0.349 e. The summed E-state index contributed by atoms with van der Waals surface area (Å²) in [5.74, 6) is -0.374. The molecule has 0 saturated heterocycles. The SMILES string of the molecule is CC(NC(=O)CSCC(=O)Nc1ccc(F)cc1)c1ccc2ccccc2c1. The first-order valence-electron chi connectivity index (χ1n) is 8.92. The summed E-state index contributed by atoms with van der Waals surface area (Å²) < 4.78 is 12.9. The fraction of sp³-hybridized carbons (Fsp3) is 0.182. The van der Waals surface area contributed by atoms with E-state index in [1.807, 2.05) is 37.3 Å². The van der Waals surface area contributed by atoms with Gasteiger partial charge in [-0.1, -0.05) is 36.4 Å². The summed E-state index contributed by atoms with van der Waals surface area (Å²) in [6.45, 7) is 1.94. The maximum atomic E-state index is 12.9. The Kier molecular flexibility index (Phi) is 6.66. The van der Waals surface area contributed by atoms with E-state index in [0.29, 0.717) is 5.69 Å². The number of hydrogen-bond donors (Lipinski definition) is 2. The smallest absolute Gasteiger partial charge is 0.234 e. The fourth-order valence-electron chi connectivity index (χ4n) is 2.81. The summed E-state index contributed by atoms with van der Waals surface area (Å²) in [5.41, 5.74) is 1.56. The fourth-order valence-corrected chi connectivity index (χ4v) is 3.44. The lowest BCUT2D eigenvalue weighted by Crippen LogP contribution is -2.28. The zero-order valence-electron chi connectivity index (χ0n) is 15.4. The molecule has 3 aromatic rings. The Hall–Kier alpha value is -2.86. The highest BCUT2D eigenvalue weighted by Crippen LogP contribution is 2.20. The highest BCUT2D eigenvalue weighted by atomic mass is 32.2. The Morgan fingerprint density at radius 3 is 2.36 bits per heavy atom. The number of benzene rings is 3. The zero-order chi connectivity index (χ0) is 19.9. The van der Waals surface area contributed by atoms with Crippen LogP contribution in [0.1, 0.15) is 18.5 Å². The lowest BCUT2D eigenvalue weighted by Gasteiger charge is -2.15. The predicted octanol–water partition coefficient (Wildman–Crippen LogP) is 4.53. The maximum absolute atomic E-state index is 12.9. The van der Waals surface area contributed by atoms with Crippen molar-refractivity contribution in [2.75, 3.05) is 16.8 Å². The van der Waals surface area contributed by atoms with Crippen LogP contribution in [-0.2, 0) is 9.59 Å². The van der Waals surface area contributed by atoms with Gasteiger partial charge in [0.15, 0.2) is 0 Å². The van der Waals surface area contributed by atoms with E-state index < -0.39 is 0 Å². The summed E-state index contributed by atoms with van der Waals surface area (Å²) in [6, 6.07) is 19.6. The summed E-state index contributed by atoms with van der Waals surface area (Å²) in [5, 5.41) is 7.92. The molecular formula is C22H21FN2O2S. The van der Waals surface area contributed by atoms with Crippen molar-refractivity contribution in [2.24, 2.45) is 0 Å². The third-order valence-corrected chi connectivity index (χ3v) is 5.18. The van der Waals surface area contributed by atoms with Crippen LogP contribution >= 0.6 is 11.8 Å². The summed E-state index contributed by atoms with van der Waals surface area (Å²) >= 11 is 1.23. The number of hydrogen-bond acceptors (Lipinski definition) is 3. The molecule has 0 bridgehead atoms. The molecule has 0 aromatic heterocycles. The van der Waals surface area contributed by atoms with E-state index in [4.69, 9.17) is 0 Å². The topological polar surface area (TPSA) is 58.2 Å². The lowest BCUT2D eigenvalue weighted by molar-refractivity contribution is -0.119. The molecule has 144 valence electrons. The monoisotopic (exact) mass is 396 g/mol. The van der Waals surface area contributed by atoms with Gasteiger partial charge in [-0.2, -0.15) is 0 Å². The molecule has 1 atom stereocenters. The van der Waals surface area contributed by atoms with Gasteiger partial charge in [0.05, 0.1) is 17.5 Å². The molecule has 0 aliphatic rings. The molecule has 2 amide bonds. The molecule has 1 unspecified atom stereocenters. The molecule has 0 heterocycles. The van der Waals surface area contributed by atoms with E-state index in [0.717, 1.165) is 16.3 Å². The van der Waals surface area contributed by atoms with Gasteiger partial charge in [0.2, 0.25) is 11.8 Å². The third-order valence-electron chi connectivity index (χ3n) is 4.25. The number of nitrogens with one attached hydrogen (secondary N) is 2.